The normalized spacial score (nSPS) is 21.7. The Balaban J connectivity index is 0.000000613. The van der Waals surface area contributed by atoms with Crippen LogP contribution in [0.4, 0.5) is 0 Å². The molecule has 0 amide bonds. The standard InChI is InChI=1S/C46H42.C10H14/c1-4-6-8-12-23-37(3)24-13-11-22-34-46(41-30-15-10-16-31-41)44-33-21-18-27-38(25-7-5-2)26-14-9-17-32-42(44)43-35-39-28-19-20-29-40(39)36-45(43)46;1-4-6-7-9-10(3)8-5-2/h4-24,26-33,35-36H,1,3,25,34H2,2H3;4-9H,3H2,1-2H3/b7-5+,8-6-,14-9?,17-9+,21-18+,22-11-,23-12-,24-13-,26-14-,27-18?,32-17?,33-21?,38-26?,38-27-,42-32-,44-33+;6-4-,8-5-,9-7-. The molecule has 0 radical (unpaired) electrons. The van der Waals surface area contributed by atoms with Gasteiger partial charge in [-0.2, -0.15) is 0 Å². The fraction of sp³-hybridized carbons (Fsp3) is 0.107. The first-order valence-corrected chi connectivity index (χ1v) is 19.4. The van der Waals surface area contributed by atoms with Gasteiger partial charge in [-0.25, -0.2) is 0 Å². The highest BCUT2D eigenvalue weighted by Crippen LogP contribution is 2.56. The van der Waals surface area contributed by atoms with E-state index >= 15 is 0 Å². The van der Waals surface area contributed by atoms with Gasteiger partial charge in [0.2, 0.25) is 0 Å². The molecule has 1 atom stereocenters. The van der Waals surface area contributed by atoms with Gasteiger partial charge in [-0.05, 0) is 101 Å². The zero-order valence-electron chi connectivity index (χ0n) is 33.4. The molecule has 0 N–H and O–H groups in total. The van der Waals surface area contributed by atoms with Crippen LogP contribution in [0.25, 0.3) is 16.3 Å². The smallest absolute Gasteiger partial charge is 0.0498 e. The summed E-state index contributed by atoms with van der Waals surface area (Å²) in [6.45, 7) is 17.7. The third-order valence-corrected chi connectivity index (χ3v) is 9.37. The zero-order valence-corrected chi connectivity index (χ0v) is 33.4. The molecule has 0 spiro atoms. The van der Waals surface area contributed by atoms with E-state index in [1.165, 1.54) is 44.2 Å². The largest absolute Gasteiger partial charge is 0.0991 e. The van der Waals surface area contributed by atoms with Crippen molar-refractivity contribution in [1.29, 1.82) is 0 Å². The Morgan fingerprint density at radius 3 is 1.96 bits per heavy atom. The summed E-state index contributed by atoms with van der Waals surface area (Å²) in [6, 6.07) is 24.5. The number of hydrogen-bond donors (Lipinski definition) is 0. The van der Waals surface area contributed by atoms with Crippen LogP contribution in [-0.2, 0) is 5.41 Å². The second-order valence-electron chi connectivity index (χ2n) is 13.3. The summed E-state index contributed by atoms with van der Waals surface area (Å²) in [4.78, 5) is 0. The average molecular weight is 729 g/mol. The summed E-state index contributed by atoms with van der Waals surface area (Å²) in [7, 11) is 0. The molecule has 0 aliphatic heterocycles. The minimum atomic E-state index is -0.376. The van der Waals surface area contributed by atoms with Crippen LogP contribution in [0.15, 0.2) is 267 Å². The molecule has 3 aromatic carbocycles. The van der Waals surface area contributed by atoms with Crippen molar-refractivity contribution in [2.45, 2.75) is 39.0 Å². The fourth-order valence-corrected chi connectivity index (χ4v) is 6.73. The first kappa shape index (κ1) is 42.2. The highest BCUT2D eigenvalue weighted by Gasteiger charge is 2.45. The lowest BCUT2D eigenvalue weighted by Crippen LogP contribution is -2.26. The van der Waals surface area contributed by atoms with Crippen molar-refractivity contribution in [1.82, 2.24) is 0 Å². The third-order valence-electron chi connectivity index (χ3n) is 9.37. The first-order valence-electron chi connectivity index (χ1n) is 19.4. The van der Waals surface area contributed by atoms with Crippen LogP contribution in [0.3, 0.4) is 0 Å². The molecule has 280 valence electrons. The lowest BCUT2D eigenvalue weighted by molar-refractivity contribution is 0.646. The minimum absolute atomic E-state index is 0.376. The van der Waals surface area contributed by atoms with Crippen molar-refractivity contribution in [2.24, 2.45) is 0 Å². The number of allylic oxidation sites excluding steroid dienone is 31. The van der Waals surface area contributed by atoms with Crippen LogP contribution in [0, 0.1) is 0 Å². The quantitative estimate of drug-likeness (QED) is 0.121. The topological polar surface area (TPSA) is 0 Å². The molecule has 0 aromatic heterocycles. The van der Waals surface area contributed by atoms with Crippen LogP contribution < -0.4 is 0 Å². The SMILES string of the molecule is C=C(/C=C\C)/C=C\C=C/C.C=C/C=C\C=C/C(=C)/C=C\C=C/CC1(c2ccccc2)C2=C/C=C/C=C(C/C=C/C)\C=C/C=C/C=C\2c2cc3ccccc3cc21. The second kappa shape index (κ2) is 23.3. The molecule has 3 aromatic rings. The van der Waals surface area contributed by atoms with E-state index in [2.05, 4.69) is 178 Å². The highest BCUT2D eigenvalue weighted by molar-refractivity contribution is 5.98. The molecule has 0 heterocycles. The Labute approximate surface area is 337 Å². The van der Waals surface area contributed by atoms with Crippen molar-refractivity contribution in [3.05, 3.63) is 283 Å². The van der Waals surface area contributed by atoms with E-state index in [9.17, 15) is 0 Å². The molecule has 5 rings (SSSR count). The number of benzene rings is 3. The maximum atomic E-state index is 4.16. The number of rotatable bonds is 13. The number of fused-ring (bicyclic) bond motifs is 4. The third kappa shape index (κ3) is 12.0. The van der Waals surface area contributed by atoms with Crippen LogP contribution in [0.2, 0.25) is 0 Å². The van der Waals surface area contributed by atoms with Crippen molar-refractivity contribution in [2.75, 3.05) is 0 Å². The van der Waals surface area contributed by atoms with Crippen molar-refractivity contribution in [3.63, 3.8) is 0 Å². The zero-order chi connectivity index (χ0) is 39.9. The van der Waals surface area contributed by atoms with E-state index in [1.54, 1.807) is 6.08 Å². The minimum Gasteiger partial charge on any atom is -0.0991 e. The molecule has 56 heavy (non-hydrogen) atoms. The van der Waals surface area contributed by atoms with Gasteiger partial charge in [-0.3, -0.25) is 0 Å². The second-order valence-corrected chi connectivity index (χ2v) is 13.3. The molecule has 0 saturated carbocycles. The van der Waals surface area contributed by atoms with Crippen LogP contribution in [0.1, 0.15) is 50.3 Å². The highest BCUT2D eigenvalue weighted by atomic mass is 14.5. The Hall–Kier alpha value is -6.50. The summed E-state index contributed by atoms with van der Waals surface area (Å²) >= 11 is 0. The van der Waals surface area contributed by atoms with E-state index in [-0.39, 0.29) is 5.41 Å². The average Bonchev–Trinajstić information content (AvgIpc) is 3.46. The van der Waals surface area contributed by atoms with Gasteiger partial charge in [0.1, 0.15) is 0 Å². The van der Waals surface area contributed by atoms with E-state index in [0.717, 1.165) is 24.0 Å². The Bertz CT molecular complexity index is 2250. The van der Waals surface area contributed by atoms with Gasteiger partial charge in [0.05, 0.1) is 0 Å². The van der Waals surface area contributed by atoms with Crippen molar-refractivity contribution < 1.29 is 0 Å². The fourth-order valence-electron chi connectivity index (χ4n) is 6.73. The van der Waals surface area contributed by atoms with Gasteiger partial charge >= 0.3 is 0 Å². The van der Waals surface area contributed by atoms with Gasteiger partial charge in [0.15, 0.2) is 0 Å². The molecule has 1 unspecified atom stereocenters. The summed E-state index contributed by atoms with van der Waals surface area (Å²) in [5.41, 5.74) is 9.31. The van der Waals surface area contributed by atoms with Gasteiger partial charge in [-0.15, -0.1) is 0 Å². The van der Waals surface area contributed by atoms with E-state index in [0.29, 0.717) is 0 Å². The molecule has 0 fully saturated rings. The van der Waals surface area contributed by atoms with Crippen molar-refractivity contribution in [3.8, 4) is 0 Å². The van der Waals surface area contributed by atoms with Gasteiger partial charge in [0.25, 0.3) is 0 Å². The Kier molecular flexibility index (Phi) is 17.6. The summed E-state index contributed by atoms with van der Waals surface area (Å²) < 4.78 is 0. The van der Waals surface area contributed by atoms with Crippen LogP contribution in [-0.4, -0.2) is 0 Å². The molecule has 0 nitrogen and oxygen atoms in total. The molecular weight excluding hydrogens is 673 g/mol. The van der Waals surface area contributed by atoms with Crippen molar-refractivity contribution >= 4 is 16.3 Å². The first-order chi connectivity index (χ1) is 27.5. The molecule has 0 saturated heterocycles. The van der Waals surface area contributed by atoms with Crippen LogP contribution in [0.5, 0.6) is 0 Å². The predicted molar refractivity (Wildman–Crippen MR) is 251 cm³/mol. The maximum Gasteiger partial charge on any atom is 0.0498 e. The van der Waals surface area contributed by atoms with Gasteiger partial charge in [-0.1, -0.05) is 232 Å². The molecular formula is C56H56. The predicted octanol–water partition coefficient (Wildman–Crippen LogP) is 15.6. The summed E-state index contributed by atoms with van der Waals surface area (Å²) in [5.74, 6) is 0. The van der Waals surface area contributed by atoms with Gasteiger partial charge < -0.3 is 0 Å². The monoisotopic (exact) mass is 728 g/mol. The summed E-state index contributed by atoms with van der Waals surface area (Å²) in [6.07, 6.45) is 55.9. The lowest BCUT2D eigenvalue weighted by Gasteiger charge is -2.32. The lowest BCUT2D eigenvalue weighted by atomic mass is 9.69. The molecule has 2 aliphatic carbocycles. The van der Waals surface area contributed by atoms with E-state index < -0.39 is 0 Å². The molecule has 0 bridgehead atoms. The van der Waals surface area contributed by atoms with Gasteiger partial charge in [0, 0.05) is 5.41 Å². The maximum absolute atomic E-state index is 4.16. The number of hydrogen-bond acceptors (Lipinski definition) is 0. The molecule has 2 aliphatic rings. The Morgan fingerprint density at radius 2 is 1.25 bits per heavy atom. The Morgan fingerprint density at radius 1 is 0.589 bits per heavy atom. The van der Waals surface area contributed by atoms with Crippen LogP contribution >= 0.6 is 0 Å². The summed E-state index contributed by atoms with van der Waals surface area (Å²) in [5, 5.41) is 2.50. The van der Waals surface area contributed by atoms with E-state index in [1.807, 2.05) is 80.7 Å². The van der Waals surface area contributed by atoms with E-state index in [4.69, 9.17) is 0 Å². The molecule has 0 heteroatoms.